The molecule has 2 aliphatic rings. The molecule has 0 radical (unpaired) electrons. The van der Waals surface area contributed by atoms with E-state index in [2.05, 4.69) is 14.9 Å². The van der Waals surface area contributed by atoms with E-state index < -0.39 is 11.9 Å². The number of carbonyl (C=O) groups excluding carboxylic acids is 1. The number of nitrogens with one attached hydrogen (secondary N) is 1. The van der Waals surface area contributed by atoms with Crippen molar-refractivity contribution in [1.82, 2.24) is 14.9 Å². The molecule has 0 spiro atoms. The lowest BCUT2D eigenvalue weighted by molar-refractivity contribution is -0.144. The number of hydrogen-bond acceptors (Lipinski definition) is 5. The molecular weight excluding hydrogens is 278 g/mol. The Morgan fingerprint density at radius 3 is 2.85 bits per heavy atom. The van der Waals surface area contributed by atoms with E-state index in [0.29, 0.717) is 22.9 Å². The van der Waals surface area contributed by atoms with Gasteiger partial charge in [0.05, 0.1) is 11.6 Å². The van der Waals surface area contributed by atoms with Gasteiger partial charge < -0.3 is 10.4 Å². The number of hydrogen-bond donors (Lipinski definition) is 2. The van der Waals surface area contributed by atoms with E-state index in [4.69, 9.17) is 0 Å². The van der Waals surface area contributed by atoms with Gasteiger partial charge in [-0.25, -0.2) is 0 Å². The second-order valence-electron chi connectivity index (χ2n) is 5.60. The van der Waals surface area contributed by atoms with Crippen LogP contribution in [0, 0.1) is 17.8 Å². The van der Waals surface area contributed by atoms with E-state index >= 15 is 0 Å². The Labute approximate surface area is 120 Å². The third-order valence-corrected chi connectivity index (χ3v) is 5.36. The minimum atomic E-state index is -0.791. The lowest BCUT2D eigenvalue weighted by Gasteiger charge is -2.28. The Kier molecular flexibility index (Phi) is 3.45. The maximum absolute atomic E-state index is 12.3. The van der Waals surface area contributed by atoms with Gasteiger partial charge in [-0.2, -0.15) is 0 Å². The van der Waals surface area contributed by atoms with Gasteiger partial charge in [-0.1, -0.05) is 11.4 Å². The molecule has 1 amide bonds. The number of carboxylic acid groups (broad SMARTS) is 1. The first kappa shape index (κ1) is 13.5. The molecule has 2 saturated carbocycles. The zero-order valence-corrected chi connectivity index (χ0v) is 12.0. The smallest absolute Gasteiger partial charge is 0.308 e. The summed E-state index contributed by atoms with van der Waals surface area (Å²) in [5.74, 6) is -0.936. The summed E-state index contributed by atoms with van der Waals surface area (Å²) in [7, 11) is 0. The minimum Gasteiger partial charge on any atom is -0.481 e. The van der Waals surface area contributed by atoms with Crippen molar-refractivity contribution in [3.05, 3.63) is 10.6 Å². The van der Waals surface area contributed by atoms with Crippen molar-refractivity contribution in [2.24, 2.45) is 17.8 Å². The summed E-state index contributed by atoms with van der Waals surface area (Å²) in [6, 6.07) is -0.245. The molecule has 7 heteroatoms. The molecule has 2 N–H and O–H groups in total. The predicted molar refractivity (Wildman–Crippen MR) is 72.5 cm³/mol. The molecule has 4 atom stereocenters. The van der Waals surface area contributed by atoms with E-state index in [1.54, 1.807) is 0 Å². The summed E-state index contributed by atoms with van der Waals surface area (Å²) < 4.78 is 3.81. The Morgan fingerprint density at radius 1 is 1.40 bits per heavy atom. The van der Waals surface area contributed by atoms with Gasteiger partial charge >= 0.3 is 5.97 Å². The fourth-order valence-electron chi connectivity index (χ4n) is 3.68. The average Bonchev–Trinajstić information content (AvgIpc) is 3.12. The van der Waals surface area contributed by atoms with Crippen molar-refractivity contribution in [2.45, 2.75) is 38.6 Å². The van der Waals surface area contributed by atoms with Gasteiger partial charge in [0.2, 0.25) is 0 Å². The Balaban J connectivity index is 1.77. The molecule has 2 bridgehead atoms. The van der Waals surface area contributed by atoms with Crippen molar-refractivity contribution in [3.8, 4) is 0 Å². The molecular formula is C13H17N3O3S. The van der Waals surface area contributed by atoms with Gasteiger partial charge in [-0.15, -0.1) is 5.10 Å². The number of carbonyl (C=O) groups is 2. The monoisotopic (exact) mass is 295 g/mol. The van der Waals surface area contributed by atoms with Crippen LogP contribution in [-0.2, 0) is 11.2 Å². The van der Waals surface area contributed by atoms with E-state index in [1.165, 1.54) is 0 Å². The first-order valence-electron chi connectivity index (χ1n) is 6.96. The summed E-state index contributed by atoms with van der Waals surface area (Å²) in [5, 5.41) is 16.2. The molecule has 1 aromatic heterocycles. The summed E-state index contributed by atoms with van der Waals surface area (Å²) >= 11 is 1.07. The van der Waals surface area contributed by atoms with Crippen molar-refractivity contribution < 1.29 is 14.7 Å². The van der Waals surface area contributed by atoms with E-state index in [1.807, 2.05) is 6.92 Å². The zero-order chi connectivity index (χ0) is 14.3. The van der Waals surface area contributed by atoms with Crippen molar-refractivity contribution in [1.29, 1.82) is 0 Å². The van der Waals surface area contributed by atoms with E-state index in [9.17, 15) is 14.7 Å². The second kappa shape index (κ2) is 5.12. The van der Waals surface area contributed by atoms with Crippen LogP contribution in [0.1, 0.15) is 41.6 Å². The molecule has 1 aromatic rings. The maximum Gasteiger partial charge on any atom is 0.308 e. The molecule has 0 saturated heterocycles. The van der Waals surface area contributed by atoms with Crippen LogP contribution in [0.25, 0.3) is 0 Å². The second-order valence-corrected chi connectivity index (χ2v) is 6.35. The summed E-state index contributed by atoms with van der Waals surface area (Å²) in [6.07, 6.45) is 3.55. The normalized spacial score (nSPS) is 31.4. The molecule has 0 aromatic carbocycles. The first-order chi connectivity index (χ1) is 9.61. The Morgan fingerprint density at radius 2 is 2.15 bits per heavy atom. The Bertz CT molecular complexity index is 545. The van der Waals surface area contributed by atoms with Crippen molar-refractivity contribution >= 4 is 23.4 Å². The molecule has 2 aliphatic carbocycles. The van der Waals surface area contributed by atoms with Gasteiger partial charge in [-0.3, -0.25) is 9.59 Å². The fourth-order valence-corrected chi connectivity index (χ4v) is 4.34. The largest absolute Gasteiger partial charge is 0.481 e. The summed E-state index contributed by atoms with van der Waals surface area (Å²) in [5.41, 5.74) is 0.683. The van der Waals surface area contributed by atoms with Crippen LogP contribution in [0.4, 0.5) is 0 Å². The molecule has 0 aliphatic heterocycles. The summed E-state index contributed by atoms with van der Waals surface area (Å²) in [4.78, 5) is 24.2. The lowest BCUT2D eigenvalue weighted by atomic mass is 9.84. The highest BCUT2D eigenvalue weighted by atomic mass is 32.1. The third-order valence-electron chi connectivity index (χ3n) is 4.60. The highest BCUT2D eigenvalue weighted by molar-refractivity contribution is 7.08. The van der Waals surface area contributed by atoms with Crippen LogP contribution in [0.5, 0.6) is 0 Å². The van der Waals surface area contributed by atoms with Crippen molar-refractivity contribution in [3.63, 3.8) is 0 Å². The molecule has 4 unspecified atom stereocenters. The number of aliphatic carboxylic acids is 1. The average molecular weight is 295 g/mol. The number of amides is 1. The van der Waals surface area contributed by atoms with Crippen molar-refractivity contribution in [2.75, 3.05) is 0 Å². The van der Waals surface area contributed by atoms with E-state index in [-0.39, 0.29) is 17.9 Å². The third kappa shape index (κ3) is 2.09. The molecule has 20 heavy (non-hydrogen) atoms. The van der Waals surface area contributed by atoms with Gasteiger partial charge in [0, 0.05) is 6.04 Å². The maximum atomic E-state index is 12.3. The zero-order valence-electron chi connectivity index (χ0n) is 11.2. The number of aromatic nitrogens is 2. The highest BCUT2D eigenvalue weighted by Crippen LogP contribution is 2.48. The number of aryl methyl sites for hydroxylation is 1. The number of rotatable bonds is 4. The van der Waals surface area contributed by atoms with Crippen LogP contribution in [0.2, 0.25) is 0 Å². The highest BCUT2D eigenvalue weighted by Gasteiger charge is 2.51. The predicted octanol–water partition coefficient (Wildman–Crippen LogP) is 1.33. The topological polar surface area (TPSA) is 92.2 Å². The van der Waals surface area contributed by atoms with Crippen LogP contribution in [0.15, 0.2) is 0 Å². The Hall–Kier alpha value is -1.50. The van der Waals surface area contributed by atoms with E-state index in [0.717, 1.165) is 30.8 Å². The van der Waals surface area contributed by atoms with Gasteiger partial charge in [0.25, 0.3) is 5.91 Å². The SMILES string of the molecule is CCc1nnsc1C(=O)NC1C2CCC(C2)C1C(=O)O. The first-order valence-corrected chi connectivity index (χ1v) is 7.74. The number of nitrogens with zero attached hydrogens (tertiary/aromatic N) is 2. The quantitative estimate of drug-likeness (QED) is 0.874. The lowest BCUT2D eigenvalue weighted by Crippen LogP contribution is -2.46. The van der Waals surface area contributed by atoms with Gasteiger partial charge in [-0.05, 0) is 49.1 Å². The van der Waals surface area contributed by atoms with Crippen LogP contribution in [0.3, 0.4) is 0 Å². The van der Waals surface area contributed by atoms with Crippen LogP contribution >= 0.6 is 11.5 Å². The molecule has 1 heterocycles. The van der Waals surface area contributed by atoms with Crippen LogP contribution < -0.4 is 5.32 Å². The molecule has 6 nitrogen and oxygen atoms in total. The summed E-state index contributed by atoms with van der Waals surface area (Å²) in [6.45, 7) is 1.92. The standard InChI is InChI=1S/C13H17N3O3S/c1-2-8-11(20-16-15-8)12(17)14-10-7-4-3-6(5-7)9(10)13(18)19/h6-7,9-10H,2-5H2,1H3,(H,14,17)(H,18,19). The molecule has 3 rings (SSSR count). The van der Waals surface area contributed by atoms with Gasteiger partial charge in [0.1, 0.15) is 4.88 Å². The number of carboxylic acids is 1. The fraction of sp³-hybridized carbons (Fsp3) is 0.692. The number of fused-ring (bicyclic) bond motifs is 2. The van der Waals surface area contributed by atoms with Crippen LogP contribution in [-0.4, -0.2) is 32.6 Å². The molecule has 2 fully saturated rings. The minimum absolute atomic E-state index is 0.216. The molecule has 108 valence electrons. The van der Waals surface area contributed by atoms with Gasteiger partial charge in [0.15, 0.2) is 0 Å².